The van der Waals surface area contributed by atoms with E-state index >= 15 is 0 Å². The van der Waals surface area contributed by atoms with Crippen molar-refractivity contribution in [3.05, 3.63) is 61.4 Å². The van der Waals surface area contributed by atoms with Crippen molar-refractivity contribution < 1.29 is 13.2 Å². The molecular formula is C19H26O3S. The number of benzene rings is 1. The summed E-state index contributed by atoms with van der Waals surface area (Å²) in [5.41, 5.74) is -0.504. The van der Waals surface area contributed by atoms with E-state index < -0.39 is 20.5 Å². The molecule has 0 unspecified atom stereocenters. The highest BCUT2D eigenvalue weighted by atomic mass is 32.2. The largest absolute Gasteiger partial charge is 0.462 e. The van der Waals surface area contributed by atoms with Crippen LogP contribution < -0.4 is 4.74 Å². The number of hydrogen-bond acceptors (Lipinski definition) is 3. The van der Waals surface area contributed by atoms with E-state index in [1.165, 1.54) is 0 Å². The van der Waals surface area contributed by atoms with Crippen LogP contribution in [0.3, 0.4) is 0 Å². The van der Waals surface area contributed by atoms with E-state index in [9.17, 15) is 8.42 Å². The molecule has 23 heavy (non-hydrogen) atoms. The van der Waals surface area contributed by atoms with Gasteiger partial charge >= 0.3 is 0 Å². The van der Waals surface area contributed by atoms with Crippen LogP contribution in [0.5, 0.6) is 5.75 Å². The smallest absolute Gasteiger partial charge is 0.181 e. The SMILES string of the molecule is C=C/C=C(\CC)Oc1ccc(S(=O)(=O)[C@@H](C)C(C)(C)C=C)cc1. The standard InChI is InChI=1S/C19H26O3S/c1-7-10-16(8-2)22-17-11-13-18(14-12-17)23(20,21)15(4)19(5,6)9-3/h7,9-15H,1,3,8H2,2,4-6H3/b16-10+/t15-/m0/s1. The quantitative estimate of drug-likeness (QED) is 0.385. The molecule has 0 saturated heterocycles. The van der Waals surface area contributed by atoms with Crippen molar-refractivity contribution in [2.45, 2.75) is 44.3 Å². The Bertz CT molecular complexity index is 680. The summed E-state index contributed by atoms with van der Waals surface area (Å²) in [7, 11) is -3.43. The van der Waals surface area contributed by atoms with Gasteiger partial charge in [0.25, 0.3) is 0 Å². The van der Waals surface area contributed by atoms with Crippen molar-refractivity contribution in [3.63, 3.8) is 0 Å². The lowest BCUT2D eigenvalue weighted by Gasteiger charge is -2.28. The minimum Gasteiger partial charge on any atom is -0.462 e. The predicted octanol–water partition coefficient (Wildman–Crippen LogP) is 4.92. The molecule has 0 aliphatic carbocycles. The summed E-state index contributed by atoms with van der Waals surface area (Å²) in [4.78, 5) is 0.290. The molecular weight excluding hydrogens is 308 g/mol. The normalized spacial score (nSPS) is 14.2. The molecule has 0 saturated carbocycles. The molecule has 0 aromatic heterocycles. The molecule has 0 radical (unpaired) electrons. The Morgan fingerprint density at radius 3 is 2.26 bits per heavy atom. The average Bonchev–Trinajstić information content (AvgIpc) is 2.54. The van der Waals surface area contributed by atoms with E-state index in [1.54, 1.807) is 49.4 Å². The van der Waals surface area contributed by atoms with E-state index in [2.05, 4.69) is 13.2 Å². The zero-order valence-electron chi connectivity index (χ0n) is 14.4. The summed E-state index contributed by atoms with van der Waals surface area (Å²) in [6.45, 7) is 14.8. The number of hydrogen-bond donors (Lipinski definition) is 0. The Morgan fingerprint density at radius 1 is 1.26 bits per heavy atom. The van der Waals surface area contributed by atoms with Crippen LogP contribution in [0, 0.1) is 5.41 Å². The Kier molecular flexibility index (Phi) is 6.39. The minimum atomic E-state index is -3.43. The molecule has 4 heteroatoms. The van der Waals surface area contributed by atoms with Gasteiger partial charge in [0, 0.05) is 6.42 Å². The van der Waals surface area contributed by atoms with E-state index in [4.69, 9.17) is 4.74 Å². The van der Waals surface area contributed by atoms with Gasteiger partial charge in [-0.25, -0.2) is 8.42 Å². The summed E-state index contributed by atoms with van der Waals surface area (Å²) in [6.07, 6.45) is 5.87. The van der Waals surface area contributed by atoms with Crippen LogP contribution in [0.25, 0.3) is 0 Å². The van der Waals surface area contributed by atoms with Crippen molar-refractivity contribution in [1.82, 2.24) is 0 Å². The van der Waals surface area contributed by atoms with Gasteiger partial charge in [-0.1, -0.05) is 39.5 Å². The summed E-state index contributed by atoms with van der Waals surface area (Å²) < 4.78 is 31.1. The highest BCUT2D eigenvalue weighted by molar-refractivity contribution is 7.92. The number of sulfone groups is 1. The summed E-state index contributed by atoms with van der Waals surface area (Å²) in [5, 5.41) is -0.564. The molecule has 1 aromatic rings. The Labute approximate surface area is 140 Å². The van der Waals surface area contributed by atoms with E-state index in [0.29, 0.717) is 5.75 Å². The number of allylic oxidation sites excluding steroid dienone is 4. The molecule has 3 nitrogen and oxygen atoms in total. The third kappa shape index (κ3) is 4.58. The molecule has 0 aliphatic rings. The fraction of sp³-hybridized carbons (Fsp3) is 0.368. The predicted molar refractivity (Wildman–Crippen MR) is 96.3 cm³/mol. The average molecular weight is 334 g/mol. The second kappa shape index (κ2) is 7.64. The lowest BCUT2D eigenvalue weighted by molar-refractivity contribution is 0.409. The minimum absolute atomic E-state index is 0.290. The first-order chi connectivity index (χ1) is 10.7. The van der Waals surface area contributed by atoms with Gasteiger partial charge in [-0.05, 0) is 42.7 Å². The van der Waals surface area contributed by atoms with E-state index in [-0.39, 0.29) is 4.90 Å². The Hall–Kier alpha value is -1.81. The maximum Gasteiger partial charge on any atom is 0.181 e. The Morgan fingerprint density at radius 2 is 1.83 bits per heavy atom. The first-order valence-corrected chi connectivity index (χ1v) is 9.20. The zero-order chi connectivity index (χ0) is 17.7. The molecule has 0 spiro atoms. The fourth-order valence-corrected chi connectivity index (χ4v) is 3.79. The van der Waals surface area contributed by atoms with Gasteiger partial charge in [0.15, 0.2) is 9.84 Å². The van der Waals surface area contributed by atoms with Crippen LogP contribution in [0.2, 0.25) is 0 Å². The molecule has 0 N–H and O–H groups in total. The molecule has 126 valence electrons. The fourth-order valence-electron chi connectivity index (χ4n) is 1.97. The molecule has 1 aromatic carbocycles. The molecule has 0 fully saturated rings. The van der Waals surface area contributed by atoms with Crippen molar-refractivity contribution in [1.29, 1.82) is 0 Å². The molecule has 1 atom stereocenters. The summed E-state index contributed by atoms with van der Waals surface area (Å²) in [6, 6.07) is 6.52. The van der Waals surface area contributed by atoms with E-state index in [0.717, 1.165) is 12.2 Å². The lowest BCUT2D eigenvalue weighted by atomic mass is 9.90. The van der Waals surface area contributed by atoms with Crippen LogP contribution in [0.15, 0.2) is 66.3 Å². The van der Waals surface area contributed by atoms with Crippen LogP contribution >= 0.6 is 0 Å². The summed E-state index contributed by atoms with van der Waals surface area (Å²) in [5.74, 6) is 1.38. The van der Waals surface area contributed by atoms with Crippen LogP contribution in [-0.2, 0) is 9.84 Å². The molecule has 0 aliphatic heterocycles. The first kappa shape index (κ1) is 19.2. The van der Waals surface area contributed by atoms with Gasteiger partial charge in [-0.15, -0.1) is 6.58 Å². The number of rotatable bonds is 8. The maximum atomic E-state index is 12.7. The Balaban J connectivity index is 3.06. The van der Waals surface area contributed by atoms with Gasteiger partial charge in [0.05, 0.1) is 10.1 Å². The van der Waals surface area contributed by atoms with Crippen LogP contribution in [-0.4, -0.2) is 13.7 Å². The second-order valence-corrected chi connectivity index (χ2v) is 8.28. The highest BCUT2D eigenvalue weighted by Gasteiger charge is 2.34. The van der Waals surface area contributed by atoms with Crippen molar-refractivity contribution in [3.8, 4) is 5.75 Å². The second-order valence-electron chi connectivity index (χ2n) is 6.01. The number of ether oxygens (including phenoxy) is 1. The van der Waals surface area contributed by atoms with Crippen molar-refractivity contribution >= 4 is 9.84 Å². The third-order valence-electron chi connectivity index (χ3n) is 4.09. The van der Waals surface area contributed by atoms with Gasteiger partial charge < -0.3 is 4.74 Å². The van der Waals surface area contributed by atoms with Gasteiger partial charge in [-0.2, -0.15) is 0 Å². The lowest BCUT2D eigenvalue weighted by Crippen LogP contribution is -2.32. The van der Waals surface area contributed by atoms with Crippen molar-refractivity contribution in [2.24, 2.45) is 5.41 Å². The van der Waals surface area contributed by atoms with Crippen LogP contribution in [0.1, 0.15) is 34.1 Å². The monoisotopic (exact) mass is 334 g/mol. The van der Waals surface area contributed by atoms with Gasteiger partial charge in [0.1, 0.15) is 11.5 Å². The van der Waals surface area contributed by atoms with Gasteiger partial charge in [0.2, 0.25) is 0 Å². The molecule has 0 bridgehead atoms. The van der Waals surface area contributed by atoms with Crippen molar-refractivity contribution in [2.75, 3.05) is 0 Å². The summed E-state index contributed by atoms with van der Waals surface area (Å²) >= 11 is 0. The third-order valence-corrected chi connectivity index (χ3v) is 6.56. The van der Waals surface area contributed by atoms with Crippen LogP contribution in [0.4, 0.5) is 0 Å². The zero-order valence-corrected chi connectivity index (χ0v) is 15.2. The molecule has 0 heterocycles. The highest BCUT2D eigenvalue weighted by Crippen LogP contribution is 2.32. The maximum absolute atomic E-state index is 12.7. The first-order valence-electron chi connectivity index (χ1n) is 7.66. The topological polar surface area (TPSA) is 43.4 Å². The van der Waals surface area contributed by atoms with E-state index in [1.807, 2.05) is 20.8 Å². The molecule has 1 rings (SSSR count). The van der Waals surface area contributed by atoms with Gasteiger partial charge in [-0.3, -0.25) is 0 Å². The molecule has 0 amide bonds.